The molecular formula is C45H62N4O8. The van der Waals surface area contributed by atoms with Gasteiger partial charge < -0.3 is 45.3 Å². The molecule has 57 heavy (non-hydrogen) atoms. The van der Waals surface area contributed by atoms with Gasteiger partial charge in [-0.05, 0) is 130 Å². The number of aliphatic imine (C=N–C) groups is 1. The summed E-state index contributed by atoms with van der Waals surface area (Å²) in [7, 11) is 5.08. The SMILES string of the molecule is CN=C1NC#CCC2CCCC2(Cc2ccc(O)c(OC)c2)C(=O)C=CCC2(CCCC2)c2cc(c(O)c(OC3(CNC)CCC(CC(O)OCCCO)C3)c2)N1. The van der Waals surface area contributed by atoms with Crippen molar-refractivity contribution in [1.29, 1.82) is 0 Å². The van der Waals surface area contributed by atoms with Crippen LogP contribution < -0.4 is 25.4 Å². The van der Waals surface area contributed by atoms with Gasteiger partial charge in [0.25, 0.3) is 0 Å². The molecule has 0 aromatic heterocycles. The molecule has 12 heteroatoms. The first-order valence-electron chi connectivity index (χ1n) is 20.7. The van der Waals surface area contributed by atoms with E-state index in [0.29, 0.717) is 74.8 Å². The zero-order chi connectivity index (χ0) is 40.5. The molecule has 3 saturated carbocycles. The van der Waals surface area contributed by atoms with Crippen molar-refractivity contribution in [2.75, 3.05) is 46.3 Å². The van der Waals surface area contributed by atoms with E-state index in [4.69, 9.17) is 19.3 Å². The number of phenols is 2. The van der Waals surface area contributed by atoms with Crippen LogP contribution in [0, 0.1) is 29.2 Å². The molecule has 1 spiro atoms. The van der Waals surface area contributed by atoms with Crippen LogP contribution in [0.1, 0.15) is 101 Å². The predicted octanol–water partition coefficient (Wildman–Crippen LogP) is 6.06. The molecule has 5 unspecified atom stereocenters. The van der Waals surface area contributed by atoms with E-state index in [1.165, 1.54) is 7.11 Å². The fourth-order valence-corrected chi connectivity index (χ4v) is 10.0. The fourth-order valence-electron chi connectivity index (χ4n) is 10.0. The first-order valence-corrected chi connectivity index (χ1v) is 20.7. The van der Waals surface area contributed by atoms with Crippen LogP contribution in [-0.2, 0) is 21.4 Å². The number of guanidine groups is 1. The number of rotatable bonds is 13. The van der Waals surface area contributed by atoms with Gasteiger partial charge in [0, 0.05) is 44.5 Å². The lowest BCUT2D eigenvalue weighted by Crippen LogP contribution is -2.43. The molecular weight excluding hydrogens is 725 g/mol. The molecule has 4 aliphatic rings. The number of ketones is 1. The highest BCUT2D eigenvalue weighted by Gasteiger charge is 2.48. The topological polar surface area (TPSA) is 174 Å². The number of allylic oxidation sites excluding steroid dienone is 2. The van der Waals surface area contributed by atoms with E-state index in [-0.39, 0.29) is 41.1 Å². The van der Waals surface area contributed by atoms with Crippen LogP contribution in [-0.4, -0.2) is 85.0 Å². The van der Waals surface area contributed by atoms with Crippen molar-refractivity contribution in [2.45, 2.75) is 114 Å². The lowest BCUT2D eigenvalue weighted by molar-refractivity contribution is -0.125. The summed E-state index contributed by atoms with van der Waals surface area (Å²) in [5.41, 5.74) is 0.839. The summed E-state index contributed by atoms with van der Waals surface area (Å²) < 4.78 is 17.9. The largest absolute Gasteiger partial charge is 0.504 e. The Hall–Kier alpha value is -4.28. The van der Waals surface area contributed by atoms with E-state index in [9.17, 15) is 20.1 Å². The van der Waals surface area contributed by atoms with Crippen LogP contribution in [0.25, 0.3) is 0 Å². The maximum atomic E-state index is 14.6. The second-order valence-corrected chi connectivity index (χ2v) is 16.6. The van der Waals surface area contributed by atoms with Crippen LogP contribution in [0.3, 0.4) is 0 Å². The Morgan fingerprint density at radius 1 is 1.07 bits per heavy atom. The van der Waals surface area contributed by atoms with Crippen molar-refractivity contribution in [3.63, 3.8) is 0 Å². The number of aliphatic hydroxyl groups is 2. The number of methoxy groups -OCH3 is 1. The van der Waals surface area contributed by atoms with Crippen molar-refractivity contribution in [3.05, 3.63) is 53.6 Å². The molecule has 0 radical (unpaired) electrons. The molecule has 1 aliphatic heterocycles. The smallest absolute Gasteiger partial charge is 0.207 e. The summed E-state index contributed by atoms with van der Waals surface area (Å²) >= 11 is 0. The number of nitrogens with one attached hydrogen (secondary N) is 3. The molecule has 310 valence electrons. The Morgan fingerprint density at radius 2 is 1.89 bits per heavy atom. The lowest BCUT2D eigenvalue weighted by atomic mass is 9.68. The normalized spacial score (nSPS) is 27.0. The summed E-state index contributed by atoms with van der Waals surface area (Å²) in [4.78, 5) is 19.0. The number of carbonyl (C=O) groups is 1. The average Bonchev–Trinajstić information content (AvgIpc) is 3.95. The maximum absolute atomic E-state index is 14.6. The maximum Gasteiger partial charge on any atom is 0.207 e. The van der Waals surface area contributed by atoms with Crippen molar-refractivity contribution < 1.29 is 39.4 Å². The zero-order valence-corrected chi connectivity index (χ0v) is 33.9. The molecule has 3 fully saturated rings. The summed E-state index contributed by atoms with van der Waals surface area (Å²) in [5.74, 6) is 4.75. The van der Waals surface area contributed by atoms with Gasteiger partial charge in [-0.15, -0.1) is 0 Å². The summed E-state index contributed by atoms with van der Waals surface area (Å²) in [5, 5.41) is 51.6. The van der Waals surface area contributed by atoms with Crippen LogP contribution >= 0.6 is 0 Å². The van der Waals surface area contributed by atoms with Gasteiger partial charge in [0.05, 0.1) is 19.4 Å². The monoisotopic (exact) mass is 786 g/mol. The third kappa shape index (κ3) is 9.71. The van der Waals surface area contributed by atoms with Crippen molar-refractivity contribution in [1.82, 2.24) is 10.6 Å². The van der Waals surface area contributed by atoms with Crippen molar-refractivity contribution in [3.8, 4) is 35.0 Å². The number of nitrogens with zero attached hydrogens (tertiary/aromatic N) is 1. The third-order valence-electron chi connectivity index (χ3n) is 13.0. The highest BCUT2D eigenvalue weighted by Crippen LogP contribution is 2.52. The number of likely N-dealkylation sites (N-methyl/N-ethyl adjacent to an activating group) is 1. The van der Waals surface area contributed by atoms with Crippen LogP contribution in [0.2, 0.25) is 0 Å². The van der Waals surface area contributed by atoms with E-state index in [0.717, 1.165) is 68.9 Å². The average molecular weight is 787 g/mol. The van der Waals surface area contributed by atoms with Crippen molar-refractivity contribution in [2.24, 2.45) is 22.2 Å². The summed E-state index contributed by atoms with van der Waals surface area (Å²) in [6.07, 6.45) is 14.3. The van der Waals surface area contributed by atoms with Gasteiger partial charge in [-0.3, -0.25) is 15.1 Å². The zero-order valence-electron chi connectivity index (χ0n) is 33.9. The van der Waals surface area contributed by atoms with Gasteiger partial charge in [-0.1, -0.05) is 37.3 Å². The predicted molar refractivity (Wildman–Crippen MR) is 221 cm³/mol. The van der Waals surface area contributed by atoms with E-state index < -0.39 is 17.3 Å². The minimum atomic E-state index is -0.921. The third-order valence-corrected chi connectivity index (χ3v) is 13.0. The molecule has 2 aromatic carbocycles. The Balaban J connectivity index is 1.34. The van der Waals surface area contributed by atoms with Gasteiger partial charge in [-0.25, -0.2) is 0 Å². The first-order chi connectivity index (χ1) is 27.6. The Bertz CT molecular complexity index is 1830. The number of phenolic OH excluding ortho intramolecular Hbond substituents is 2. The molecule has 2 aromatic rings. The number of aliphatic hydroxyl groups excluding tert-OH is 2. The standard InChI is InChI=1S/C45H62N4O8/c1-46-30-44(20-15-32(28-44)25-40(53)56-23-9-22-50)57-38-27-34-26-35(41(38)54)49-42(47-2)48-21-8-11-33-10-6-19-45(33,29-31-13-14-36(51)37(24-31)55-3)39(52)12-7-18-43(34)16-4-5-17-43/h7,12-14,24,26-27,32-33,40,46,50-51,53-54H,4-6,9-11,15-20,22-23,25,28-30H2,1-3H3,(H2,47,48,49). The highest BCUT2D eigenvalue weighted by molar-refractivity contribution is 5.97. The van der Waals surface area contributed by atoms with Gasteiger partial charge >= 0.3 is 0 Å². The van der Waals surface area contributed by atoms with E-state index >= 15 is 0 Å². The Morgan fingerprint density at radius 3 is 2.65 bits per heavy atom. The van der Waals surface area contributed by atoms with Gasteiger partial charge in [-0.2, -0.15) is 0 Å². The van der Waals surface area contributed by atoms with Gasteiger partial charge in [0.15, 0.2) is 35.1 Å². The molecule has 7 N–H and O–H groups in total. The minimum Gasteiger partial charge on any atom is -0.504 e. The number of benzene rings is 2. The molecule has 3 aliphatic carbocycles. The molecule has 6 rings (SSSR count). The van der Waals surface area contributed by atoms with E-state index in [1.54, 1.807) is 13.1 Å². The minimum absolute atomic E-state index is 0.0129. The number of ether oxygens (including phenoxy) is 3. The molecule has 1 heterocycles. The Labute approximate surface area is 337 Å². The molecule has 0 amide bonds. The molecule has 12 nitrogen and oxygen atoms in total. The van der Waals surface area contributed by atoms with Crippen LogP contribution in [0.4, 0.5) is 5.69 Å². The highest BCUT2D eigenvalue weighted by atomic mass is 16.6. The lowest BCUT2D eigenvalue weighted by Gasteiger charge is -2.34. The number of aromatic hydroxyl groups is 2. The number of hydrogen-bond donors (Lipinski definition) is 7. The van der Waals surface area contributed by atoms with Gasteiger partial charge in [0.2, 0.25) is 5.96 Å². The number of anilines is 1. The Kier molecular flexibility index (Phi) is 14.1. The van der Waals surface area contributed by atoms with Gasteiger partial charge in [0.1, 0.15) is 5.60 Å². The fraction of sp³-hybridized carbons (Fsp3) is 0.600. The molecule has 2 bridgehead atoms. The summed E-state index contributed by atoms with van der Waals surface area (Å²) in [6, 6.07) is 12.4. The number of hydrogen-bond acceptors (Lipinski definition) is 10. The van der Waals surface area contributed by atoms with Crippen LogP contribution in [0.15, 0.2) is 47.5 Å². The summed E-state index contributed by atoms with van der Waals surface area (Å²) in [6.45, 7) is 0.856. The molecule has 0 saturated heterocycles. The van der Waals surface area contributed by atoms with Crippen molar-refractivity contribution >= 4 is 17.4 Å². The van der Waals surface area contributed by atoms with E-state index in [2.05, 4.69) is 39.0 Å². The quantitative estimate of drug-likeness (QED) is 0.0545. The number of carbonyl (C=O) groups excluding carboxylic acids is 1. The van der Waals surface area contributed by atoms with E-state index in [1.807, 2.05) is 37.4 Å². The number of fused-ring (bicyclic) bond motifs is 4. The second-order valence-electron chi connectivity index (χ2n) is 16.6. The van der Waals surface area contributed by atoms with Crippen LogP contribution in [0.5, 0.6) is 23.0 Å². The molecule has 5 atom stereocenters. The second kappa shape index (κ2) is 19.0. The first kappa shape index (κ1) is 42.3.